The Kier molecular flexibility index (Phi) is 6.02. The Labute approximate surface area is 123 Å². The topological polar surface area (TPSA) is 24.5 Å². The van der Waals surface area contributed by atoms with Crippen molar-refractivity contribution in [3.63, 3.8) is 0 Å². The first-order valence-corrected chi connectivity index (χ1v) is 7.84. The first kappa shape index (κ1) is 15.5. The lowest BCUT2D eigenvalue weighted by Crippen LogP contribution is -2.53. The molecule has 0 aliphatic carbocycles. The summed E-state index contributed by atoms with van der Waals surface area (Å²) in [6, 6.07) is 11.8. The van der Waals surface area contributed by atoms with Gasteiger partial charge in [-0.1, -0.05) is 37.3 Å². The van der Waals surface area contributed by atoms with Gasteiger partial charge in [-0.15, -0.1) is 0 Å². The molecule has 0 spiro atoms. The van der Waals surface area contributed by atoms with Gasteiger partial charge in [0.15, 0.2) is 0 Å². The Morgan fingerprint density at radius 1 is 1.30 bits per heavy atom. The van der Waals surface area contributed by atoms with Crippen molar-refractivity contribution in [3.05, 3.63) is 35.9 Å². The summed E-state index contributed by atoms with van der Waals surface area (Å²) in [5, 5.41) is 3.68. The van der Waals surface area contributed by atoms with Crippen LogP contribution in [-0.2, 0) is 4.74 Å². The number of nitrogens with zero attached hydrogens (tertiary/aromatic N) is 1. The van der Waals surface area contributed by atoms with Gasteiger partial charge in [0.2, 0.25) is 0 Å². The second kappa shape index (κ2) is 7.77. The molecular weight excluding hydrogens is 248 g/mol. The van der Waals surface area contributed by atoms with Crippen LogP contribution in [0, 0.1) is 0 Å². The fourth-order valence-electron chi connectivity index (χ4n) is 2.85. The summed E-state index contributed by atoms with van der Waals surface area (Å²) >= 11 is 0. The normalized spacial score (nSPS) is 24.2. The van der Waals surface area contributed by atoms with E-state index in [1.54, 1.807) is 0 Å². The molecule has 1 fully saturated rings. The van der Waals surface area contributed by atoms with Gasteiger partial charge in [0, 0.05) is 31.7 Å². The van der Waals surface area contributed by atoms with Crippen LogP contribution in [0.4, 0.5) is 0 Å². The third-order valence-electron chi connectivity index (χ3n) is 4.04. The molecule has 1 N–H and O–H groups in total. The zero-order valence-corrected chi connectivity index (χ0v) is 13.0. The molecule has 2 rings (SSSR count). The van der Waals surface area contributed by atoms with Crippen LogP contribution in [0.15, 0.2) is 30.3 Å². The Morgan fingerprint density at radius 2 is 2.05 bits per heavy atom. The smallest absolute Gasteiger partial charge is 0.0597 e. The van der Waals surface area contributed by atoms with Gasteiger partial charge in [-0.3, -0.25) is 4.90 Å². The lowest BCUT2D eigenvalue weighted by Gasteiger charge is -2.40. The molecule has 2 atom stereocenters. The first-order valence-electron chi connectivity index (χ1n) is 7.84. The maximum absolute atomic E-state index is 5.72. The molecule has 1 heterocycles. The van der Waals surface area contributed by atoms with Gasteiger partial charge < -0.3 is 10.1 Å². The standard InChI is InChI=1S/C17H28N2O/c1-4-16-12-18-17(15-8-6-5-7-9-15)13-19(16)10-11-20-14(2)3/h5-9,14,16-18H,4,10-13H2,1-3H3. The average molecular weight is 276 g/mol. The van der Waals surface area contributed by atoms with Gasteiger partial charge in [-0.25, -0.2) is 0 Å². The zero-order chi connectivity index (χ0) is 14.4. The molecule has 1 aromatic carbocycles. The van der Waals surface area contributed by atoms with E-state index in [0.29, 0.717) is 18.2 Å². The van der Waals surface area contributed by atoms with Gasteiger partial charge >= 0.3 is 0 Å². The molecule has 1 aromatic rings. The molecule has 0 amide bonds. The van der Waals surface area contributed by atoms with Crippen molar-refractivity contribution in [2.24, 2.45) is 0 Å². The number of benzene rings is 1. The number of hydrogen-bond donors (Lipinski definition) is 1. The highest BCUT2D eigenvalue weighted by molar-refractivity contribution is 5.20. The SMILES string of the molecule is CCC1CNC(c2ccccc2)CN1CCOC(C)C. The maximum atomic E-state index is 5.72. The van der Waals surface area contributed by atoms with Crippen molar-refractivity contribution < 1.29 is 4.74 Å². The van der Waals surface area contributed by atoms with Gasteiger partial charge in [0.05, 0.1) is 12.7 Å². The van der Waals surface area contributed by atoms with E-state index in [1.165, 1.54) is 12.0 Å². The largest absolute Gasteiger partial charge is 0.377 e. The van der Waals surface area contributed by atoms with Crippen LogP contribution in [0.1, 0.15) is 38.8 Å². The Balaban J connectivity index is 1.93. The zero-order valence-electron chi connectivity index (χ0n) is 13.0. The molecule has 0 bridgehead atoms. The van der Waals surface area contributed by atoms with Crippen molar-refractivity contribution in [2.45, 2.75) is 45.4 Å². The second-order valence-electron chi connectivity index (χ2n) is 5.85. The number of piperazine rings is 1. The third-order valence-corrected chi connectivity index (χ3v) is 4.04. The fourth-order valence-corrected chi connectivity index (χ4v) is 2.85. The van der Waals surface area contributed by atoms with Crippen molar-refractivity contribution in [3.8, 4) is 0 Å². The number of nitrogens with one attached hydrogen (secondary N) is 1. The quantitative estimate of drug-likeness (QED) is 0.864. The van der Waals surface area contributed by atoms with Crippen molar-refractivity contribution in [1.82, 2.24) is 10.2 Å². The maximum Gasteiger partial charge on any atom is 0.0597 e. The van der Waals surface area contributed by atoms with Crippen LogP contribution < -0.4 is 5.32 Å². The highest BCUT2D eigenvalue weighted by Gasteiger charge is 2.27. The second-order valence-corrected chi connectivity index (χ2v) is 5.85. The van der Waals surface area contributed by atoms with E-state index in [-0.39, 0.29) is 0 Å². The molecule has 2 unspecified atom stereocenters. The van der Waals surface area contributed by atoms with E-state index in [2.05, 4.69) is 61.3 Å². The molecule has 0 saturated carbocycles. The summed E-state index contributed by atoms with van der Waals surface area (Å²) in [6.07, 6.45) is 1.51. The van der Waals surface area contributed by atoms with Crippen LogP contribution >= 0.6 is 0 Å². The molecule has 1 saturated heterocycles. The molecule has 1 aliphatic heterocycles. The lowest BCUT2D eigenvalue weighted by atomic mass is 10.0. The molecule has 3 nitrogen and oxygen atoms in total. The molecular formula is C17H28N2O. The summed E-state index contributed by atoms with van der Waals surface area (Å²) in [6.45, 7) is 10.5. The van der Waals surface area contributed by atoms with E-state index in [0.717, 1.165) is 26.2 Å². The monoisotopic (exact) mass is 276 g/mol. The van der Waals surface area contributed by atoms with Gasteiger partial charge in [-0.05, 0) is 25.8 Å². The fraction of sp³-hybridized carbons (Fsp3) is 0.647. The van der Waals surface area contributed by atoms with Crippen molar-refractivity contribution in [1.29, 1.82) is 0 Å². The molecule has 20 heavy (non-hydrogen) atoms. The predicted octanol–water partition coefficient (Wildman–Crippen LogP) is 2.84. The van der Waals surface area contributed by atoms with Crippen LogP contribution in [0.5, 0.6) is 0 Å². The Bertz CT molecular complexity index is 380. The molecule has 0 aromatic heterocycles. The van der Waals surface area contributed by atoms with E-state index in [4.69, 9.17) is 4.74 Å². The van der Waals surface area contributed by atoms with E-state index in [1.807, 2.05) is 0 Å². The van der Waals surface area contributed by atoms with Gasteiger partial charge in [0.1, 0.15) is 0 Å². The van der Waals surface area contributed by atoms with Crippen LogP contribution in [0.2, 0.25) is 0 Å². The number of ether oxygens (including phenoxy) is 1. The minimum Gasteiger partial charge on any atom is -0.377 e. The van der Waals surface area contributed by atoms with Crippen LogP contribution in [0.3, 0.4) is 0 Å². The van der Waals surface area contributed by atoms with Crippen LogP contribution in [0.25, 0.3) is 0 Å². The minimum absolute atomic E-state index is 0.322. The van der Waals surface area contributed by atoms with E-state index >= 15 is 0 Å². The van der Waals surface area contributed by atoms with E-state index in [9.17, 15) is 0 Å². The van der Waals surface area contributed by atoms with Crippen LogP contribution in [-0.4, -0.2) is 43.3 Å². The summed E-state index contributed by atoms with van der Waals surface area (Å²) in [5.74, 6) is 0. The molecule has 0 radical (unpaired) electrons. The Morgan fingerprint density at radius 3 is 2.70 bits per heavy atom. The summed E-state index contributed by atoms with van der Waals surface area (Å²) in [7, 11) is 0. The lowest BCUT2D eigenvalue weighted by molar-refractivity contribution is 0.0357. The van der Waals surface area contributed by atoms with Gasteiger partial charge in [-0.2, -0.15) is 0 Å². The molecule has 3 heteroatoms. The summed E-state index contributed by atoms with van der Waals surface area (Å²) < 4.78 is 5.72. The average Bonchev–Trinajstić information content (AvgIpc) is 2.47. The number of rotatable bonds is 6. The van der Waals surface area contributed by atoms with Crippen molar-refractivity contribution in [2.75, 3.05) is 26.2 Å². The Hall–Kier alpha value is -0.900. The van der Waals surface area contributed by atoms with Gasteiger partial charge in [0.25, 0.3) is 0 Å². The third kappa shape index (κ3) is 4.30. The molecule has 1 aliphatic rings. The minimum atomic E-state index is 0.322. The highest BCUT2D eigenvalue weighted by Crippen LogP contribution is 2.20. The first-order chi connectivity index (χ1) is 9.70. The summed E-state index contributed by atoms with van der Waals surface area (Å²) in [5.41, 5.74) is 1.39. The highest BCUT2D eigenvalue weighted by atomic mass is 16.5. The van der Waals surface area contributed by atoms with E-state index < -0.39 is 0 Å². The number of hydrogen-bond acceptors (Lipinski definition) is 3. The summed E-state index contributed by atoms with van der Waals surface area (Å²) in [4.78, 5) is 2.58. The molecule has 112 valence electrons. The predicted molar refractivity (Wildman–Crippen MR) is 83.9 cm³/mol. The van der Waals surface area contributed by atoms with Crippen molar-refractivity contribution >= 4 is 0 Å².